The van der Waals surface area contributed by atoms with Gasteiger partial charge in [-0.2, -0.15) is 9.67 Å². The van der Waals surface area contributed by atoms with Crippen molar-refractivity contribution in [3.05, 3.63) is 66.9 Å². The van der Waals surface area contributed by atoms with Gasteiger partial charge in [-0.1, -0.05) is 0 Å². The van der Waals surface area contributed by atoms with E-state index in [-0.39, 0.29) is 29.1 Å². The maximum absolute atomic E-state index is 15.3. The smallest absolute Gasteiger partial charge is 0.411 e. The third-order valence-corrected chi connectivity index (χ3v) is 6.79. The average Bonchev–Trinajstić information content (AvgIpc) is 3.46. The Labute approximate surface area is 250 Å². The second-order valence-corrected chi connectivity index (χ2v) is 11.0. The second-order valence-electron chi connectivity index (χ2n) is 11.0. The SMILES string of the molecule is COc1c([N+]2=CCN(C(=O)OC(C)(C)C)CC2)ccc2ncnc(Nc3cc(F)c(Oc4ccn5ncnc5c4)cc3F)c12. The highest BCUT2D eigenvalue weighted by molar-refractivity contribution is 5.98. The topological polar surface area (TPSA) is 119 Å². The van der Waals surface area contributed by atoms with Gasteiger partial charge in [-0.15, -0.1) is 0 Å². The van der Waals surface area contributed by atoms with E-state index in [9.17, 15) is 4.79 Å². The number of hydrogen-bond acceptors (Lipinski definition) is 9. The Kier molecular flexibility index (Phi) is 7.41. The zero-order chi connectivity index (χ0) is 31.0. The maximum Gasteiger partial charge on any atom is 0.411 e. The first kappa shape index (κ1) is 28.7. The summed E-state index contributed by atoms with van der Waals surface area (Å²) in [5, 5.41) is 7.37. The first-order valence-electron chi connectivity index (χ1n) is 13.7. The number of benzene rings is 2. The van der Waals surface area contributed by atoms with Crippen molar-refractivity contribution in [2.45, 2.75) is 26.4 Å². The predicted molar refractivity (Wildman–Crippen MR) is 157 cm³/mol. The van der Waals surface area contributed by atoms with Crippen molar-refractivity contribution in [3.63, 3.8) is 0 Å². The van der Waals surface area contributed by atoms with Crippen LogP contribution in [0.1, 0.15) is 20.8 Å². The monoisotopic (exact) mass is 603 g/mol. The van der Waals surface area contributed by atoms with Gasteiger partial charge in [-0.3, -0.25) is 4.90 Å². The fraction of sp³-hybridized carbons (Fsp3) is 0.267. The van der Waals surface area contributed by atoms with Crippen LogP contribution in [0.25, 0.3) is 16.6 Å². The summed E-state index contributed by atoms with van der Waals surface area (Å²) in [4.78, 5) is 26.9. The number of carbonyl (C=O) groups excluding carboxylic acids is 1. The molecular weight excluding hydrogens is 574 g/mol. The quantitative estimate of drug-likeness (QED) is 0.252. The molecular formula is C30H29F2N8O4+. The lowest BCUT2D eigenvalue weighted by Crippen LogP contribution is -2.44. The Balaban J connectivity index is 1.28. The Morgan fingerprint density at radius 2 is 1.89 bits per heavy atom. The number of nitrogens with zero attached hydrogens (tertiary/aromatic N) is 7. The van der Waals surface area contributed by atoms with Gasteiger partial charge in [-0.05, 0) is 32.9 Å². The number of pyridine rings is 1. The molecule has 44 heavy (non-hydrogen) atoms. The van der Waals surface area contributed by atoms with Crippen molar-refractivity contribution in [1.29, 1.82) is 0 Å². The van der Waals surface area contributed by atoms with Gasteiger partial charge in [0.25, 0.3) is 0 Å². The van der Waals surface area contributed by atoms with Gasteiger partial charge >= 0.3 is 6.09 Å². The van der Waals surface area contributed by atoms with Crippen molar-refractivity contribution in [2.75, 3.05) is 32.1 Å². The summed E-state index contributed by atoms with van der Waals surface area (Å²) in [6, 6.07) is 8.71. The molecule has 0 saturated heterocycles. The number of carbonyl (C=O) groups is 1. The number of amides is 1. The highest BCUT2D eigenvalue weighted by Crippen LogP contribution is 2.40. The normalized spacial score (nSPS) is 13.6. The predicted octanol–water partition coefficient (Wildman–Crippen LogP) is 5.46. The van der Waals surface area contributed by atoms with Crippen LogP contribution in [0.3, 0.4) is 0 Å². The molecule has 1 N–H and O–H groups in total. The molecule has 226 valence electrons. The fourth-order valence-corrected chi connectivity index (χ4v) is 4.78. The van der Waals surface area contributed by atoms with Gasteiger partial charge in [0.2, 0.25) is 11.4 Å². The van der Waals surface area contributed by atoms with Crippen LogP contribution in [-0.4, -0.2) is 78.7 Å². The summed E-state index contributed by atoms with van der Waals surface area (Å²) in [5.74, 6) is -0.947. The molecule has 0 spiro atoms. The molecule has 0 bridgehead atoms. The Morgan fingerprint density at radius 1 is 1.05 bits per heavy atom. The number of fused-ring (bicyclic) bond motifs is 2. The number of ether oxygens (including phenoxy) is 3. The molecule has 0 saturated carbocycles. The minimum absolute atomic E-state index is 0.159. The van der Waals surface area contributed by atoms with Crippen LogP contribution in [0.5, 0.6) is 17.2 Å². The van der Waals surface area contributed by atoms with Gasteiger partial charge in [-0.25, -0.2) is 33.0 Å². The molecule has 0 unspecified atom stereocenters. The van der Waals surface area contributed by atoms with Crippen molar-refractivity contribution in [1.82, 2.24) is 29.5 Å². The van der Waals surface area contributed by atoms with Crippen LogP contribution in [-0.2, 0) is 4.74 Å². The van der Waals surface area contributed by atoms with Crippen LogP contribution < -0.4 is 14.8 Å². The van der Waals surface area contributed by atoms with E-state index in [1.54, 1.807) is 29.3 Å². The van der Waals surface area contributed by atoms with E-state index in [4.69, 9.17) is 14.2 Å². The van der Waals surface area contributed by atoms with Crippen LogP contribution in [0.4, 0.5) is 30.8 Å². The second kappa shape index (κ2) is 11.4. The van der Waals surface area contributed by atoms with Crippen molar-refractivity contribution >= 4 is 46.1 Å². The molecule has 5 aromatic rings. The molecule has 0 aliphatic carbocycles. The van der Waals surface area contributed by atoms with Crippen LogP contribution >= 0.6 is 0 Å². The maximum atomic E-state index is 15.3. The van der Waals surface area contributed by atoms with E-state index in [0.717, 1.165) is 12.1 Å². The molecule has 3 aromatic heterocycles. The lowest BCUT2D eigenvalue weighted by molar-refractivity contribution is -0.443. The number of anilines is 2. The number of halogens is 2. The highest BCUT2D eigenvalue weighted by atomic mass is 19.1. The van der Waals surface area contributed by atoms with E-state index in [2.05, 4.69) is 25.4 Å². The summed E-state index contributed by atoms with van der Waals surface area (Å²) in [5.41, 5.74) is 0.963. The van der Waals surface area contributed by atoms with Crippen LogP contribution in [0.15, 0.2) is 55.2 Å². The standard InChI is InChI=1S/C30H29F2N8O4/c1-30(2,3)44-29(41)39-11-9-38(10-12-39)23-6-5-21-26(27(23)42-4)28(35-16-33-21)37-22-14-20(32)24(15-19(22)31)43-18-7-8-40-25(13-18)34-17-36-40/h5-9,13-17H,10-12H2,1-4H3,(H,33,35,37)/q+1. The molecule has 4 heterocycles. The number of nitrogens with one attached hydrogen (secondary N) is 1. The summed E-state index contributed by atoms with van der Waals surface area (Å²) in [6.45, 7) is 6.70. The third kappa shape index (κ3) is 5.78. The van der Waals surface area contributed by atoms with Crippen molar-refractivity contribution in [3.8, 4) is 17.2 Å². The lowest BCUT2D eigenvalue weighted by atomic mass is 10.1. The largest absolute Gasteiger partial charge is 0.490 e. The summed E-state index contributed by atoms with van der Waals surface area (Å²) in [7, 11) is 1.51. The van der Waals surface area contributed by atoms with Gasteiger partial charge in [0, 0.05) is 30.5 Å². The number of hydrogen-bond donors (Lipinski definition) is 1. The van der Waals surface area contributed by atoms with Gasteiger partial charge in [0.1, 0.15) is 36.4 Å². The average molecular weight is 604 g/mol. The van der Waals surface area contributed by atoms with Crippen LogP contribution in [0, 0.1) is 11.6 Å². The minimum atomic E-state index is -0.793. The summed E-state index contributed by atoms with van der Waals surface area (Å²) in [6.07, 6.45) is 5.77. The first-order chi connectivity index (χ1) is 21.1. The molecule has 12 nitrogen and oxygen atoms in total. The van der Waals surface area contributed by atoms with Crippen molar-refractivity contribution in [2.24, 2.45) is 0 Å². The van der Waals surface area contributed by atoms with Crippen LogP contribution in [0.2, 0.25) is 0 Å². The summed E-state index contributed by atoms with van der Waals surface area (Å²) >= 11 is 0. The van der Waals surface area contributed by atoms with Gasteiger partial charge in [0.05, 0.1) is 30.2 Å². The summed E-state index contributed by atoms with van der Waals surface area (Å²) < 4.78 is 50.8. The minimum Gasteiger partial charge on any atom is -0.490 e. The highest BCUT2D eigenvalue weighted by Gasteiger charge is 2.29. The van der Waals surface area contributed by atoms with E-state index >= 15 is 8.78 Å². The molecule has 1 amide bonds. The molecule has 1 aliphatic heterocycles. The van der Waals surface area contributed by atoms with E-state index < -0.39 is 17.2 Å². The Hall–Kier alpha value is -5.40. The number of aromatic nitrogens is 5. The Bertz CT molecular complexity index is 1920. The molecule has 2 aromatic carbocycles. The molecule has 0 radical (unpaired) electrons. The molecule has 0 atom stereocenters. The van der Waals surface area contributed by atoms with Gasteiger partial charge < -0.3 is 19.5 Å². The zero-order valence-corrected chi connectivity index (χ0v) is 24.4. The van der Waals surface area contributed by atoms with Gasteiger partial charge in [0.15, 0.2) is 35.8 Å². The third-order valence-electron chi connectivity index (χ3n) is 6.79. The molecule has 6 rings (SSSR count). The zero-order valence-electron chi connectivity index (χ0n) is 24.4. The lowest BCUT2D eigenvalue weighted by Gasteiger charge is -2.27. The van der Waals surface area contributed by atoms with E-state index in [1.165, 1.54) is 24.3 Å². The first-order valence-corrected chi connectivity index (χ1v) is 13.7. The Morgan fingerprint density at radius 3 is 2.64 bits per heavy atom. The molecule has 14 heteroatoms. The molecule has 0 fully saturated rings. The van der Waals surface area contributed by atoms with E-state index in [1.807, 2.05) is 37.6 Å². The fourth-order valence-electron chi connectivity index (χ4n) is 4.78. The number of rotatable bonds is 6. The van der Waals surface area contributed by atoms with Crippen molar-refractivity contribution < 1.29 is 32.4 Å². The molecule has 1 aliphatic rings. The number of methoxy groups -OCH3 is 1. The van der Waals surface area contributed by atoms with E-state index in [0.29, 0.717) is 47.6 Å².